The number of amides is 1. The number of aliphatic hydroxyl groups excluding tert-OH is 1. The van der Waals surface area contributed by atoms with Gasteiger partial charge in [0.15, 0.2) is 0 Å². The highest BCUT2D eigenvalue weighted by Crippen LogP contribution is 2.55. The molecular formula is C25H28N2O3. The molecule has 0 saturated carbocycles. The van der Waals surface area contributed by atoms with Gasteiger partial charge in [-0.25, -0.2) is 4.79 Å². The van der Waals surface area contributed by atoms with Gasteiger partial charge in [-0.2, -0.15) is 5.26 Å². The van der Waals surface area contributed by atoms with Gasteiger partial charge in [-0.05, 0) is 44.7 Å². The van der Waals surface area contributed by atoms with Crippen molar-refractivity contribution >= 4 is 6.09 Å². The summed E-state index contributed by atoms with van der Waals surface area (Å²) in [5.41, 5.74) is -0.153. The van der Waals surface area contributed by atoms with E-state index in [1.54, 1.807) is 4.90 Å². The zero-order chi connectivity index (χ0) is 22.2. The third kappa shape index (κ3) is 3.81. The molecule has 0 fully saturated rings. The van der Waals surface area contributed by atoms with Crippen LogP contribution in [0.25, 0.3) is 0 Å². The highest BCUT2D eigenvalue weighted by atomic mass is 16.6. The first-order valence-electron chi connectivity index (χ1n) is 10.1. The highest BCUT2D eigenvalue weighted by Gasteiger charge is 2.53. The Morgan fingerprint density at radius 3 is 2.57 bits per heavy atom. The average Bonchev–Trinajstić information content (AvgIpc) is 2.69. The van der Waals surface area contributed by atoms with E-state index in [0.29, 0.717) is 25.9 Å². The summed E-state index contributed by atoms with van der Waals surface area (Å²) in [5, 5.41) is 20.8. The zero-order valence-corrected chi connectivity index (χ0v) is 18.0. The van der Waals surface area contributed by atoms with Gasteiger partial charge in [-0.3, -0.25) is 0 Å². The van der Waals surface area contributed by atoms with Crippen LogP contribution in [0.1, 0.15) is 39.7 Å². The third-order valence-corrected chi connectivity index (χ3v) is 5.77. The van der Waals surface area contributed by atoms with E-state index < -0.39 is 22.5 Å². The number of rotatable bonds is 2. The van der Waals surface area contributed by atoms with Crippen LogP contribution in [0, 0.1) is 34.5 Å². The van der Waals surface area contributed by atoms with Crippen LogP contribution in [-0.4, -0.2) is 34.8 Å². The monoisotopic (exact) mass is 404 g/mol. The van der Waals surface area contributed by atoms with Gasteiger partial charge in [0.05, 0.1) is 11.6 Å². The fourth-order valence-electron chi connectivity index (χ4n) is 4.55. The van der Waals surface area contributed by atoms with Crippen LogP contribution in [0.2, 0.25) is 0 Å². The number of nitriles is 1. The molecule has 156 valence electrons. The summed E-state index contributed by atoms with van der Waals surface area (Å²) in [4.78, 5) is 14.3. The second-order valence-corrected chi connectivity index (χ2v) is 9.37. The predicted molar refractivity (Wildman–Crippen MR) is 115 cm³/mol. The summed E-state index contributed by atoms with van der Waals surface area (Å²) in [6.45, 7) is 8.19. The number of allylic oxidation sites excluding steroid dienone is 2. The third-order valence-electron chi connectivity index (χ3n) is 5.77. The minimum Gasteiger partial charge on any atom is -0.509 e. The molecule has 3 rings (SSSR count). The summed E-state index contributed by atoms with van der Waals surface area (Å²) in [6.07, 6.45) is 8.27. The molecule has 2 aliphatic rings. The number of carbonyl (C=O) groups is 1. The van der Waals surface area contributed by atoms with Gasteiger partial charge in [-0.1, -0.05) is 49.3 Å². The van der Waals surface area contributed by atoms with E-state index >= 15 is 0 Å². The number of terminal acetylenes is 1. The number of benzene rings is 1. The summed E-state index contributed by atoms with van der Waals surface area (Å²) in [5.74, 6) is 2.77. The maximum absolute atomic E-state index is 12.7. The number of carbonyl (C=O) groups excluding carboxylic acids is 1. The molecule has 1 aliphatic heterocycles. The quantitative estimate of drug-likeness (QED) is 0.569. The van der Waals surface area contributed by atoms with Crippen LogP contribution >= 0.6 is 0 Å². The van der Waals surface area contributed by atoms with E-state index in [1.807, 2.05) is 64.1 Å². The van der Waals surface area contributed by atoms with Crippen LogP contribution in [-0.2, 0) is 11.2 Å². The lowest BCUT2D eigenvalue weighted by Crippen LogP contribution is -2.52. The summed E-state index contributed by atoms with van der Waals surface area (Å²) >= 11 is 0. The fraction of sp³-hybridized carbons (Fsp3) is 0.440. The normalized spacial score (nSPS) is 26.2. The van der Waals surface area contributed by atoms with Crippen molar-refractivity contribution in [3.8, 4) is 18.4 Å². The Balaban J connectivity index is 2.06. The molecule has 0 spiro atoms. The van der Waals surface area contributed by atoms with E-state index in [1.165, 1.54) is 0 Å². The molecular weight excluding hydrogens is 376 g/mol. The Bertz CT molecular complexity index is 988. The van der Waals surface area contributed by atoms with Crippen LogP contribution in [0.3, 0.4) is 0 Å². The lowest BCUT2D eigenvalue weighted by atomic mass is 9.56. The molecule has 0 aromatic heterocycles. The Labute approximate surface area is 178 Å². The summed E-state index contributed by atoms with van der Waals surface area (Å²) < 4.78 is 5.54. The van der Waals surface area contributed by atoms with Crippen LogP contribution in [0.4, 0.5) is 4.79 Å². The number of fused-ring (bicyclic) bond motifs is 1. The van der Waals surface area contributed by atoms with Crippen LogP contribution in [0.15, 0.2) is 53.3 Å². The molecule has 1 aromatic rings. The van der Waals surface area contributed by atoms with Crippen molar-refractivity contribution in [2.24, 2.45) is 10.8 Å². The Kier molecular flexibility index (Phi) is 5.44. The molecule has 1 aliphatic carbocycles. The molecule has 0 saturated heterocycles. The number of hydrogen-bond donors (Lipinski definition) is 1. The van der Waals surface area contributed by atoms with E-state index in [-0.39, 0.29) is 11.3 Å². The molecule has 1 heterocycles. The van der Waals surface area contributed by atoms with E-state index in [2.05, 4.69) is 12.0 Å². The first-order chi connectivity index (χ1) is 14.0. The lowest BCUT2D eigenvalue weighted by molar-refractivity contribution is 0.0171. The zero-order valence-electron chi connectivity index (χ0n) is 18.0. The maximum atomic E-state index is 12.7. The van der Waals surface area contributed by atoms with E-state index in [0.717, 1.165) is 11.1 Å². The van der Waals surface area contributed by atoms with Gasteiger partial charge < -0.3 is 14.7 Å². The number of ether oxygens (including phenoxy) is 1. The largest absolute Gasteiger partial charge is 0.509 e. The van der Waals surface area contributed by atoms with Gasteiger partial charge in [0.2, 0.25) is 0 Å². The van der Waals surface area contributed by atoms with Crippen molar-refractivity contribution in [2.75, 3.05) is 13.1 Å². The SMILES string of the molecule is C#C[C@@]1(Cc2ccccc2)C2=CCN(C(=O)OC(C)(C)C)C[C@]2(C)CC(C#N)=C1O. The summed E-state index contributed by atoms with van der Waals surface area (Å²) in [7, 11) is 0. The second-order valence-electron chi connectivity index (χ2n) is 9.37. The Hall–Kier alpha value is -3.18. The van der Waals surface area contributed by atoms with Gasteiger partial charge in [-0.15, -0.1) is 6.42 Å². The number of hydrogen-bond acceptors (Lipinski definition) is 4. The highest BCUT2D eigenvalue weighted by molar-refractivity contribution is 5.69. The van der Waals surface area contributed by atoms with E-state index in [4.69, 9.17) is 11.2 Å². The lowest BCUT2D eigenvalue weighted by Gasteiger charge is -2.50. The smallest absolute Gasteiger partial charge is 0.410 e. The molecule has 5 heteroatoms. The second kappa shape index (κ2) is 7.58. The van der Waals surface area contributed by atoms with Crippen molar-refractivity contribution in [2.45, 2.75) is 46.1 Å². The summed E-state index contributed by atoms with van der Waals surface area (Å²) in [6, 6.07) is 11.8. The molecule has 5 nitrogen and oxygen atoms in total. The first kappa shape index (κ1) is 21.5. The van der Waals surface area contributed by atoms with Crippen molar-refractivity contribution in [3.63, 3.8) is 0 Å². The van der Waals surface area contributed by atoms with Crippen LogP contribution in [0.5, 0.6) is 0 Å². The molecule has 1 amide bonds. The number of nitrogens with zero attached hydrogens (tertiary/aromatic N) is 2. The van der Waals surface area contributed by atoms with Gasteiger partial charge in [0.25, 0.3) is 0 Å². The van der Waals surface area contributed by atoms with Crippen molar-refractivity contribution in [1.82, 2.24) is 4.90 Å². The topological polar surface area (TPSA) is 73.6 Å². The van der Waals surface area contributed by atoms with Crippen molar-refractivity contribution < 1.29 is 14.6 Å². The average molecular weight is 405 g/mol. The van der Waals surface area contributed by atoms with Gasteiger partial charge >= 0.3 is 6.09 Å². The standard InChI is InChI=1S/C25H28N2O3/c1-6-25(14-18-10-8-7-9-11-18)20-12-13-27(22(29)30-23(2,3)4)17-24(20,5)15-19(16-26)21(25)28/h1,7-12,28H,13-15,17H2,2-5H3/t24-,25+/m0/s1. The molecule has 0 bridgehead atoms. The van der Waals surface area contributed by atoms with Crippen LogP contribution < -0.4 is 0 Å². The van der Waals surface area contributed by atoms with Gasteiger partial charge in [0.1, 0.15) is 16.8 Å². The number of aliphatic hydroxyl groups is 1. The molecule has 30 heavy (non-hydrogen) atoms. The molecule has 0 radical (unpaired) electrons. The molecule has 1 N–H and O–H groups in total. The minimum absolute atomic E-state index is 0.0502. The van der Waals surface area contributed by atoms with E-state index in [9.17, 15) is 15.2 Å². The Morgan fingerprint density at radius 1 is 1.33 bits per heavy atom. The minimum atomic E-state index is -1.11. The van der Waals surface area contributed by atoms with Crippen molar-refractivity contribution in [3.05, 3.63) is 58.9 Å². The van der Waals surface area contributed by atoms with Crippen molar-refractivity contribution in [1.29, 1.82) is 5.26 Å². The molecule has 0 unspecified atom stereocenters. The first-order valence-corrected chi connectivity index (χ1v) is 10.1. The maximum Gasteiger partial charge on any atom is 0.410 e. The Morgan fingerprint density at radius 2 is 2.00 bits per heavy atom. The molecule has 2 atom stereocenters. The molecule has 1 aromatic carbocycles. The predicted octanol–water partition coefficient (Wildman–Crippen LogP) is 4.77. The van der Waals surface area contributed by atoms with Gasteiger partial charge in [0, 0.05) is 18.5 Å². The fourth-order valence-corrected chi connectivity index (χ4v) is 4.55.